The summed E-state index contributed by atoms with van der Waals surface area (Å²) in [6.45, 7) is 3.01. The number of esters is 1. The minimum Gasteiger partial charge on any atom is -0.465 e. The highest BCUT2D eigenvalue weighted by molar-refractivity contribution is 5.87. The smallest absolute Gasteiger partial charge is 0.316 e. The topological polar surface area (TPSA) is 29.5 Å². The molecule has 1 aliphatic carbocycles. The van der Waals surface area contributed by atoms with Gasteiger partial charge in [-0.15, -0.1) is 0 Å². The highest BCUT2D eigenvalue weighted by Gasteiger charge is 2.62. The van der Waals surface area contributed by atoms with E-state index < -0.39 is 5.41 Å². The molecule has 4 heteroatoms. The van der Waals surface area contributed by atoms with E-state index in [0.29, 0.717) is 6.61 Å². The molecule has 104 valence electrons. The highest BCUT2D eigenvalue weighted by Crippen LogP contribution is 2.55. The second-order valence-corrected chi connectivity index (χ2v) is 5.36. The van der Waals surface area contributed by atoms with E-state index in [1.165, 1.54) is 12.1 Å². The van der Waals surface area contributed by atoms with Gasteiger partial charge in [0.1, 0.15) is 5.82 Å². The van der Waals surface area contributed by atoms with Crippen molar-refractivity contribution < 1.29 is 13.9 Å². The van der Waals surface area contributed by atoms with Crippen LogP contribution in [-0.2, 0) is 14.9 Å². The normalized spacial score (nSPS) is 25.4. The standard InChI is InChI=1S/C15H20FNO2/c1-4-19-14(18)15(9-12(15)10-17(2)3)11-5-7-13(16)8-6-11/h5-8,12H,4,9-10H2,1-3H3/t12-,15+/m1/s1. The predicted molar refractivity (Wildman–Crippen MR) is 71.4 cm³/mol. The van der Waals surface area contributed by atoms with Crippen molar-refractivity contribution in [3.05, 3.63) is 35.6 Å². The van der Waals surface area contributed by atoms with Crippen LogP contribution >= 0.6 is 0 Å². The van der Waals surface area contributed by atoms with Gasteiger partial charge in [0.15, 0.2) is 0 Å². The quantitative estimate of drug-likeness (QED) is 0.764. The summed E-state index contributed by atoms with van der Waals surface area (Å²) in [5.41, 5.74) is 0.285. The van der Waals surface area contributed by atoms with Gasteiger partial charge in [0, 0.05) is 6.54 Å². The number of benzene rings is 1. The van der Waals surface area contributed by atoms with Crippen molar-refractivity contribution in [1.29, 1.82) is 0 Å². The van der Waals surface area contributed by atoms with Gasteiger partial charge in [-0.3, -0.25) is 4.79 Å². The third kappa shape index (κ3) is 2.63. The van der Waals surface area contributed by atoms with Gasteiger partial charge in [-0.1, -0.05) is 12.1 Å². The Morgan fingerprint density at radius 3 is 2.58 bits per heavy atom. The Labute approximate surface area is 113 Å². The number of hydrogen-bond acceptors (Lipinski definition) is 3. The van der Waals surface area contributed by atoms with Crippen LogP contribution in [0.5, 0.6) is 0 Å². The fraction of sp³-hybridized carbons (Fsp3) is 0.533. The van der Waals surface area contributed by atoms with Gasteiger partial charge >= 0.3 is 5.97 Å². The molecule has 0 aliphatic heterocycles. The molecule has 0 amide bonds. The van der Waals surface area contributed by atoms with Gasteiger partial charge < -0.3 is 9.64 Å². The van der Waals surface area contributed by atoms with Crippen LogP contribution in [0.3, 0.4) is 0 Å². The first-order valence-electron chi connectivity index (χ1n) is 6.58. The van der Waals surface area contributed by atoms with Gasteiger partial charge in [0.2, 0.25) is 0 Å². The molecule has 2 atom stereocenters. The van der Waals surface area contributed by atoms with Gasteiger partial charge in [-0.05, 0) is 51.1 Å². The summed E-state index contributed by atoms with van der Waals surface area (Å²) in [6, 6.07) is 6.20. The Morgan fingerprint density at radius 2 is 2.05 bits per heavy atom. The molecule has 1 fully saturated rings. The molecule has 1 aromatic rings. The minimum atomic E-state index is -0.575. The van der Waals surface area contributed by atoms with Crippen molar-refractivity contribution >= 4 is 5.97 Å². The van der Waals surface area contributed by atoms with E-state index in [9.17, 15) is 9.18 Å². The Kier molecular flexibility index (Phi) is 3.90. The molecule has 0 radical (unpaired) electrons. The van der Waals surface area contributed by atoms with Crippen LogP contribution in [0.15, 0.2) is 24.3 Å². The Hall–Kier alpha value is -1.42. The van der Waals surface area contributed by atoms with E-state index in [2.05, 4.69) is 4.90 Å². The first-order valence-corrected chi connectivity index (χ1v) is 6.58. The van der Waals surface area contributed by atoms with E-state index in [0.717, 1.165) is 18.5 Å². The van der Waals surface area contributed by atoms with E-state index in [4.69, 9.17) is 4.74 Å². The predicted octanol–water partition coefficient (Wildman–Crippen LogP) is 2.21. The molecule has 0 aromatic heterocycles. The molecule has 0 spiro atoms. The maximum absolute atomic E-state index is 13.0. The average Bonchev–Trinajstić information content (AvgIpc) is 3.04. The van der Waals surface area contributed by atoms with Crippen molar-refractivity contribution in [2.75, 3.05) is 27.2 Å². The highest BCUT2D eigenvalue weighted by atomic mass is 19.1. The van der Waals surface area contributed by atoms with Gasteiger partial charge in [0.25, 0.3) is 0 Å². The molecular weight excluding hydrogens is 245 g/mol. The first-order chi connectivity index (χ1) is 9.00. The lowest BCUT2D eigenvalue weighted by Crippen LogP contribution is -2.29. The maximum Gasteiger partial charge on any atom is 0.316 e. The molecule has 0 heterocycles. The monoisotopic (exact) mass is 265 g/mol. The minimum absolute atomic E-state index is 0.187. The molecule has 1 saturated carbocycles. The Bertz CT molecular complexity index is 458. The fourth-order valence-electron chi connectivity index (χ4n) is 2.72. The molecule has 3 nitrogen and oxygen atoms in total. The third-order valence-electron chi connectivity index (χ3n) is 3.69. The lowest BCUT2D eigenvalue weighted by Gasteiger charge is -2.18. The number of nitrogens with zero attached hydrogens (tertiary/aromatic N) is 1. The van der Waals surface area contributed by atoms with Crippen molar-refractivity contribution in [2.24, 2.45) is 5.92 Å². The zero-order chi connectivity index (χ0) is 14.0. The van der Waals surface area contributed by atoms with E-state index in [-0.39, 0.29) is 17.7 Å². The van der Waals surface area contributed by atoms with Crippen LogP contribution in [0.2, 0.25) is 0 Å². The average molecular weight is 265 g/mol. The lowest BCUT2D eigenvalue weighted by molar-refractivity contribution is -0.146. The van der Waals surface area contributed by atoms with Crippen molar-refractivity contribution in [2.45, 2.75) is 18.8 Å². The number of rotatable bonds is 5. The van der Waals surface area contributed by atoms with E-state index in [1.54, 1.807) is 19.1 Å². The van der Waals surface area contributed by atoms with Gasteiger partial charge in [0.05, 0.1) is 12.0 Å². The zero-order valence-corrected chi connectivity index (χ0v) is 11.6. The van der Waals surface area contributed by atoms with E-state index in [1.807, 2.05) is 14.1 Å². The number of carbonyl (C=O) groups excluding carboxylic acids is 1. The molecule has 0 bridgehead atoms. The lowest BCUT2D eigenvalue weighted by atomic mass is 9.93. The van der Waals surface area contributed by atoms with E-state index >= 15 is 0 Å². The molecule has 19 heavy (non-hydrogen) atoms. The third-order valence-corrected chi connectivity index (χ3v) is 3.69. The largest absolute Gasteiger partial charge is 0.465 e. The van der Waals surface area contributed by atoms with Crippen LogP contribution in [0, 0.1) is 11.7 Å². The van der Waals surface area contributed by atoms with Crippen LogP contribution in [0.1, 0.15) is 18.9 Å². The SMILES string of the molecule is CCOC(=O)[C@]1(c2ccc(F)cc2)C[C@@H]1CN(C)C. The maximum atomic E-state index is 13.0. The summed E-state index contributed by atoms with van der Waals surface area (Å²) >= 11 is 0. The summed E-state index contributed by atoms with van der Waals surface area (Å²) in [7, 11) is 3.97. The summed E-state index contributed by atoms with van der Waals surface area (Å²) in [5, 5.41) is 0. The number of carbonyl (C=O) groups is 1. The molecule has 0 N–H and O–H groups in total. The van der Waals surface area contributed by atoms with Crippen LogP contribution in [0.4, 0.5) is 4.39 Å². The second kappa shape index (κ2) is 5.29. The van der Waals surface area contributed by atoms with Gasteiger partial charge in [-0.2, -0.15) is 0 Å². The number of ether oxygens (including phenoxy) is 1. The summed E-state index contributed by atoms with van der Waals surface area (Å²) in [5.74, 6) is -0.229. The summed E-state index contributed by atoms with van der Waals surface area (Å²) < 4.78 is 18.2. The molecule has 2 rings (SSSR count). The van der Waals surface area contributed by atoms with Crippen molar-refractivity contribution in [1.82, 2.24) is 4.90 Å². The number of hydrogen-bond donors (Lipinski definition) is 0. The first kappa shape index (κ1) is 14.0. The molecule has 0 saturated heterocycles. The van der Waals surface area contributed by atoms with Crippen LogP contribution in [0.25, 0.3) is 0 Å². The van der Waals surface area contributed by atoms with Crippen LogP contribution in [-0.4, -0.2) is 38.1 Å². The number of halogens is 1. The van der Waals surface area contributed by atoms with Crippen molar-refractivity contribution in [3.8, 4) is 0 Å². The second-order valence-electron chi connectivity index (χ2n) is 5.36. The Morgan fingerprint density at radius 1 is 1.42 bits per heavy atom. The van der Waals surface area contributed by atoms with Crippen molar-refractivity contribution in [3.63, 3.8) is 0 Å². The molecule has 1 aliphatic rings. The molecular formula is C15H20FNO2. The zero-order valence-electron chi connectivity index (χ0n) is 11.6. The molecule has 1 aromatic carbocycles. The molecule has 0 unspecified atom stereocenters. The summed E-state index contributed by atoms with van der Waals surface area (Å²) in [4.78, 5) is 14.3. The fourth-order valence-corrected chi connectivity index (χ4v) is 2.72. The van der Waals surface area contributed by atoms with Crippen LogP contribution < -0.4 is 0 Å². The summed E-state index contributed by atoms with van der Waals surface area (Å²) in [6.07, 6.45) is 0.773. The Balaban J connectivity index is 2.26. The van der Waals surface area contributed by atoms with Gasteiger partial charge in [-0.25, -0.2) is 4.39 Å².